The molecule has 1 aromatic rings. The number of nitrogens with one attached hydrogen (secondary N) is 2. The molecule has 4 rings (SSSR count). The van der Waals surface area contributed by atoms with Gasteiger partial charge in [-0.2, -0.15) is 0 Å². The summed E-state index contributed by atoms with van der Waals surface area (Å²) in [6.07, 6.45) is 1.69. The number of alkyl halides is 1. The number of benzene rings is 1. The molecule has 0 bridgehead atoms. The summed E-state index contributed by atoms with van der Waals surface area (Å²) in [6, 6.07) is 3.98. The van der Waals surface area contributed by atoms with Crippen LogP contribution in [-0.2, 0) is 16.1 Å². The number of amides is 4. The predicted molar refractivity (Wildman–Crippen MR) is 100 cm³/mol. The minimum absolute atomic E-state index is 0.00843. The van der Waals surface area contributed by atoms with Gasteiger partial charge in [-0.15, -0.1) is 0 Å². The molecule has 1 aliphatic carbocycles. The standard InChI is InChI=1S/C20H23FN4O4/c21-20(10-22)6-5-12(8-20)23-9-11-1-2-13-14(7-11)19(29)25(18(13)28)15-3-4-16(26)24-17(15)27/h1-2,7,12,15,23H,3-6,8-10,22H2,(H,24,26,27)/t12-,15?,20-/m1/s1. The van der Waals surface area contributed by atoms with Crippen molar-refractivity contribution in [3.8, 4) is 0 Å². The zero-order valence-electron chi connectivity index (χ0n) is 15.9. The number of piperidine rings is 1. The lowest BCUT2D eigenvalue weighted by Gasteiger charge is -2.27. The second-order valence-corrected chi connectivity index (χ2v) is 8.00. The third-order valence-corrected chi connectivity index (χ3v) is 6.02. The number of nitrogens with two attached hydrogens (primary N) is 1. The fourth-order valence-electron chi connectivity index (χ4n) is 4.33. The van der Waals surface area contributed by atoms with Gasteiger partial charge in [0.05, 0.1) is 11.1 Å². The molecule has 1 aromatic carbocycles. The normalized spacial score (nSPS) is 29.4. The van der Waals surface area contributed by atoms with E-state index < -0.39 is 35.3 Å². The van der Waals surface area contributed by atoms with Gasteiger partial charge in [-0.1, -0.05) is 6.07 Å². The smallest absolute Gasteiger partial charge is 0.262 e. The SMILES string of the molecule is NC[C@@]1(F)CC[C@@H](NCc2ccc3c(c2)C(=O)N(C2CCC(=O)NC2=O)C3=O)C1. The Kier molecular flexibility index (Phi) is 4.95. The van der Waals surface area contributed by atoms with Gasteiger partial charge in [-0.3, -0.25) is 29.4 Å². The molecule has 4 amide bonds. The molecule has 3 atom stereocenters. The van der Waals surface area contributed by atoms with E-state index in [1.54, 1.807) is 18.2 Å². The van der Waals surface area contributed by atoms with Crippen LogP contribution >= 0.6 is 0 Å². The van der Waals surface area contributed by atoms with Gasteiger partial charge in [-0.05, 0) is 43.4 Å². The lowest BCUT2D eigenvalue weighted by molar-refractivity contribution is -0.136. The lowest BCUT2D eigenvalue weighted by Crippen LogP contribution is -2.54. The Bertz CT molecular complexity index is 904. The maximum Gasteiger partial charge on any atom is 0.262 e. The van der Waals surface area contributed by atoms with E-state index in [4.69, 9.17) is 5.73 Å². The Labute approximate surface area is 167 Å². The molecule has 3 aliphatic rings. The van der Waals surface area contributed by atoms with Crippen LogP contribution in [-0.4, -0.2) is 52.8 Å². The topological polar surface area (TPSA) is 122 Å². The van der Waals surface area contributed by atoms with E-state index >= 15 is 0 Å². The number of rotatable bonds is 5. The minimum atomic E-state index is -1.32. The number of carbonyl (C=O) groups excluding carboxylic acids is 4. The van der Waals surface area contributed by atoms with E-state index in [9.17, 15) is 23.6 Å². The largest absolute Gasteiger partial charge is 0.328 e. The average Bonchev–Trinajstić information content (AvgIpc) is 3.19. The fraction of sp³-hybridized carbons (Fsp3) is 0.500. The summed E-state index contributed by atoms with van der Waals surface area (Å²) < 4.78 is 14.3. The number of fused-ring (bicyclic) bond motifs is 1. The first-order valence-electron chi connectivity index (χ1n) is 9.78. The van der Waals surface area contributed by atoms with Crippen molar-refractivity contribution in [1.82, 2.24) is 15.5 Å². The lowest BCUT2D eigenvalue weighted by atomic mass is 10.0. The van der Waals surface area contributed by atoms with E-state index in [1.165, 1.54) is 0 Å². The fourth-order valence-corrected chi connectivity index (χ4v) is 4.33. The maximum absolute atomic E-state index is 14.3. The van der Waals surface area contributed by atoms with Crippen molar-refractivity contribution >= 4 is 23.6 Å². The van der Waals surface area contributed by atoms with Gasteiger partial charge in [0, 0.05) is 25.6 Å². The summed E-state index contributed by atoms with van der Waals surface area (Å²) >= 11 is 0. The van der Waals surface area contributed by atoms with Crippen molar-refractivity contribution in [3.63, 3.8) is 0 Å². The van der Waals surface area contributed by atoms with Crippen LogP contribution in [0.4, 0.5) is 4.39 Å². The van der Waals surface area contributed by atoms with Gasteiger partial charge >= 0.3 is 0 Å². The zero-order valence-corrected chi connectivity index (χ0v) is 15.9. The van der Waals surface area contributed by atoms with Crippen molar-refractivity contribution in [2.24, 2.45) is 5.73 Å². The average molecular weight is 402 g/mol. The van der Waals surface area contributed by atoms with E-state index in [1.807, 2.05) is 0 Å². The number of carbonyl (C=O) groups is 4. The molecule has 1 unspecified atom stereocenters. The van der Waals surface area contributed by atoms with Crippen LogP contribution in [0.2, 0.25) is 0 Å². The minimum Gasteiger partial charge on any atom is -0.328 e. The van der Waals surface area contributed by atoms with Crippen molar-refractivity contribution < 1.29 is 23.6 Å². The van der Waals surface area contributed by atoms with Crippen LogP contribution in [0.15, 0.2) is 18.2 Å². The predicted octanol–water partition coefficient (Wildman–Crippen LogP) is 0.397. The molecule has 2 fully saturated rings. The van der Waals surface area contributed by atoms with E-state index in [2.05, 4.69) is 10.6 Å². The molecular weight excluding hydrogens is 379 g/mol. The number of imide groups is 2. The molecular formula is C20H23FN4O4. The Balaban J connectivity index is 1.46. The highest BCUT2D eigenvalue weighted by Crippen LogP contribution is 2.33. The first-order chi connectivity index (χ1) is 13.8. The molecule has 29 heavy (non-hydrogen) atoms. The van der Waals surface area contributed by atoms with Gasteiger partial charge in [0.1, 0.15) is 11.7 Å². The van der Waals surface area contributed by atoms with Gasteiger partial charge in [0.15, 0.2) is 0 Å². The monoisotopic (exact) mass is 402 g/mol. The molecule has 4 N–H and O–H groups in total. The number of nitrogens with zero attached hydrogens (tertiary/aromatic N) is 1. The molecule has 9 heteroatoms. The highest BCUT2D eigenvalue weighted by molar-refractivity contribution is 6.23. The van der Waals surface area contributed by atoms with E-state index in [-0.39, 0.29) is 36.6 Å². The second-order valence-electron chi connectivity index (χ2n) is 8.00. The highest BCUT2D eigenvalue weighted by atomic mass is 19.1. The Morgan fingerprint density at radius 3 is 2.62 bits per heavy atom. The van der Waals surface area contributed by atoms with E-state index in [0.717, 1.165) is 10.5 Å². The molecule has 0 spiro atoms. The summed E-state index contributed by atoms with van der Waals surface area (Å²) in [5, 5.41) is 5.46. The quantitative estimate of drug-likeness (QED) is 0.613. The van der Waals surface area contributed by atoms with Crippen LogP contribution < -0.4 is 16.4 Å². The molecule has 1 saturated heterocycles. The van der Waals surface area contributed by atoms with Crippen LogP contribution in [0.1, 0.15) is 58.4 Å². The summed E-state index contributed by atoms with van der Waals surface area (Å²) in [6.45, 7) is 0.440. The molecule has 8 nitrogen and oxygen atoms in total. The molecule has 0 aromatic heterocycles. The van der Waals surface area contributed by atoms with Gasteiger partial charge < -0.3 is 11.1 Å². The van der Waals surface area contributed by atoms with Crippen molar-refractivity contribution in [2.45, 2.75) is 56.4 Å². The summed E-state index contributed by atoms with van der Waals surface area (Å²) in [4.78, 5) is 49.9. The highest BCUT2D eigenvalue weighted by Gasteiger charge is 2.44. The summed E-state index contributed by atoms with van der Waals surface area (Å²) in [5.41, 5.74) is 5.46. The number of halogens is 1. The third kappa shape index (κ3) is 3.56. The zero-order chi connectivity index (χ0) is 20.8. The van der Waals surface area contributed by atoms with Gasteiger partial charge in [0.2, 0.25) is 11.8 Å². The van der Waals surface area contributed by atoms with Crippen molar-refractivity contribution in [1.29, 1.82) is 0 Å². The van der Waals surface area contributed by atoms with Crippen LogP contribution in [0.5, 0.6) is 0 Å². The molecule has 1 saturated carbocycles. The van der Waals surface area contributed by atoms with Crippen LogP contribution in [0, 0.1) is 0 Å². The Morgan fingerprint density at radius 2 is 1.93 bits per heavy atom. The molecule has 2 heterocycles. The van der Waals surface area contributed by atoms with Gasteiger partial charge in [-0.25, -0.2) is 4.39 Å². The summed E-state index contributed by atoms with van der Waals surface area (Å²) in [5.74, 6) is -2.10. The van der Waals surface area contributed by atoms with Crippen molar-refractivity contribution in [3.05, 3.63) is 34.9 Å². The third-order valence-electron chi connectivity index (χ3n) is 6.02. The Morgan fingerprint density at radius 1 is 1.17 bits per heavy atom. The van der Waals surface area contributed by atoms with E-state index in [0.29, 0.717) is 25.8 Å². The molecule has 0 radical (unpaired) electrons. The molecule has 154 valence electrons. The van der Waals surface area contributed by atoms with Crippen LogP contribution in [0.25, 0.3) is 0 Å². The number of hydrogen-bond acceptors (Lipinski definition) is 6. The van der Waals surface area contributed by atoms with Gasteiger partial charge in [0.25, 0.3) is 11.8 Å². The molecule has 2 aliphatic heterocycles. The Hall–Kier alpha value is -2.65. The summed E-state index contributed by atoms with van der Waals surface area (Å²) in [7, 11) is 0. The van der Waals surface area contributed by atoms with Crippen LogP contribution in [0.3, 0.4) is 0 Å². The van der Waals surface area contributed by atoms with Crippen molar-refractivity contribution in [2.75, 3.05) is 6.54 Å². The maximum atomic E-state index is 14.3. The second kappa shape index (κ2) is 7.31. The first kappa shape index (κ1) is 19.7. The number of hydrogen-bond donors (Lipinski definition) is 3. The first-order valence-corrected chi connectivity index (χ1v) is 9.78.